The highest BCUT2D eigenvalue weighted by Gasteiger charge is 2.06. The van der Waals surface area contributed by atoms with Crippen LogP contribution in [0.3, 0.4) is 0 Å². The number of aromatic nitrogens is 1. The zero-order valence-electron chi connectivity index (χ0n) is 10.2. The lowest BCUT2D eigenvalue weighted by Crippen LogP contribution is -2.19. The van der Waals surface area contributed by atoms with Gasteiger partial charge in [-0.05, 0) is 35.9 Å². The minimum Gasteiger partial charge on any atom is -0.497 e. The highest BCUT2D eigenvalue weighted by atomic mass is 16.5. The van der Waals surface area contributed by atoms with Gasteiger partial charge in [-0.2, -0.15) is 0 Å². The van der Waals surface area contributed by atoms with Crippen molar-refractivity contribution in [1.29, 1.82) is 0 Å². The number of pyridine rings is 1. The van der Waals surface area contributed by atoms with Gasteiger partial charge in [-0.15, -0.1) is 0 Å². The molecule has 0 saturated carbocycles. The van der Waals surface area contributed by atoms with Crippen molar-refractivity contribution in [1.82, 2.24) is 4.98 Å². The van der Waals surface area contributed by atoms with E-state index in [0.717, 1.165) is 17.1 Å². The Kier molecular flexibility index (Phi) is 4.15. The van der Waals surface area contributed by atoms with E-state index in [9.17, 15) is 0 Å². The van der Waals surface area contributed by atoms with Gasteiger partial charge in [0.2, 0.25) is 0 Å². The first-order chi connectivity index (χ1) is 8.79. The molecule has 0 saturated heterocycles. The van der Waals surface area contributed by atoms with Crippen molar-refractivity contribution in [3.8, 4) is 11.5 Å². The smallest absolute Gasteiger partial charge is 0.119 e. The molecule has 2 rings (SSSR count). The normalized spacial score (nSPS) is 11.9. The summed E-state index contributed by atoms with van der Waals surface area (Å²) in [6.07, 6.45) is 3.47. The van der Waals surface area contributed by atoms with Crippen LogP contribution < -0.4 is 15.2 Å². The van der Waals surface area contributed by atoms with Gasteiger partial charge in [-0.25, -0.2) is 0 Å². The van der Waals surface area contributed by atoms with Crippen LogP contribution in [0.15, 0.2) is 48.8 Å². The molecule has 0 bridgehead atoms. The number of nitrogens with two attached hydrogens (primary N) is 1. The molecule has 4 nitrogen and oxygen atoms in total. The lowest BCUT2D eigenvalue weighted by atomic mass is 10.1. The van der Waals surface area contributed by atoms with E-state index in [1.54, 1.807) is 19.5 Å². The fourth-order valence-corrected chi connectivity index (χ4v) is 1.55. The summed E-state index contributed by atoms with van der Waals surface area (Å²) < 4.78 is 10.7. The van der Waals surface area contributed by atoms with Crippen molar-refractivity contribution in [3.63, 3.8) is 0 Å². The molecule has 2 N–H and O–H groups in total. The Balaban J connectivity index is 1.91. The first-order valence-corrected chi connectivity index (χ1v) is 5.72. The van der Waals surface area contributed by atoms with Crippen LogP contribution in [-0.4, -0.2) is 18.7 Å². The van der Waals surface area contributed by atoms with E-state index >= 15 is 0 Å². The Morgan fingerprint density at radius 2 is 1.89 bits per heavy atom. The number of rotatable bonds is 5. The van der Waals surface area contributed by atoms with Crippen molar-refractivity contribution in [2.24, 2.45) is 5.73 Å². The lowest BCUT2D eigenvalue weighted by Gasteiger charge is -2.13. The largest absolute Gasteiger partial charge is 0.497 e. The topological polar surface area (TPSA) is 57.4 Å². The molecule has 0 amide bonds. The molecule has 4 heteroatoms. The summed E-state index contributed by atoms with van der Waals surface area (Å²) in [5.41, 5.74) is 6.97. The van der Waals surface area contributed by atoms with Crippen molar-refractivity contribution in [3.05, 3.63) is 54.4 Å². The standard InChI is InChI=1S/C14H16N2O2/c1-17-12-4-6-13(7-5-12)18-10-14(15)11-3-2-8-16-9-11/h2-9,14H,10,15H2,1H3. The molecule has 0 aliphatic carbocycles. The van der Waals surface area contributed by atoms with Gasteiger partial charge in [-0.1, -0.05) is 6.07 Å². The molecule has 0 fully saturated rings. The van der Waals surface area contributed by atoms with E-state index in [-0.39, 0.29) is 6.04 Å². The number of ether oxygens (including phenoxy) is 2. The second-order valence-corrected chi connectivity index (χ2v) is 3.88. The van der Waals surface area contributed by atoms with Crippen LogP contribution in [0.5, 0.6) is 11.5 Å². The predicted molar refractivity (Wildman–Crippen MR) is 69.7 cm³/mol. The van der Waals surface area contributed by atoms with E-state index in [0.29, 0.717) is 6.61 Å². The average Bonchev–Trinajstić information content (AvgIpc) is 2.46. The fourth-order valence-electron chi connectivity index (χ4n) is 1.55. The number of nitrogens with zero attached hydrogens (tertiary/aromatic N) is 1. The minimum absolute atomic E-state index is 0.180. The van der Waals surface area contributed by atoms with Gasteiger partial charge in [0.25, 0.3) is 0 Å². The molecule has 2 aromatic rings. The monoisotopic (exact) mass is 244 g/mol. The first-order valence-electron chi connectivity index (χ1n) is 5.72. The number of benzene rings is 1. The Morgan fingerprint density at radius 3 is 2.50 bits per heavy atom. The van der Waals surface area contributed by atoms with Crippen LogP contribution in [0.1, 0.15) is 11.6 Å². The fraction of sp³-hybridized carbons (Fsp3) is 0.214. The van der Waals surface area contributed by atoms with Crippen LogP contribution in [0.2, 0.25) is 0 Å². The zero-order valence-corrected chi connectivity index (χ0v) is 10.2. The van der Waals surface area contributed by atoms with Gasteiger partial charge in [0.1, 0.15) is 18.1 Å². The van der Waals surface area contributed by atoms with Crippen LogP contribution in [-0.2, 0) is 0 Å². The van der Waals surface area contributed by atoms with E-state index in [1.165, 1.54) is 0 Å². The maximum atomic E-state index is 6.01. The minimum atomic E-state index is -0.180. The van der Waals surface area contributed by atoms with Crippen molar-refractivity contribution < 1.29 is 9.47 Å². The molecule has 1 atom stereocenters. The molecule has 18 heavy (non-hydrogen) atoms. The Bertz CT molecular complexity index is 471. The summed E-state index contributed by atoms with van der Waals surface area (Å²) >= 11 is 0. The van der Waals surface area contributed by atoms with Crippen molar-refractivity contribution in [2.45, 2.75) is 6.04 Å². The maximum absolute atomic E-state index is 6.01. The molecule has 0 radical (unpaired) electrons. The summed E-state index contributed by atoms with van der Waals surface area (Å²) in [7, 11) is 1.63. The summed E-state index contributed by atoms with van der Waals surface area (Å²) in [4.78, 5) is 4.03. The zero-order chi connectivity index (χ0) is 12.8. The summed E-state index contributed by atoms with van der Waals surface area (Å²) in [6, 6.07) is 11.0. The van der Waals surface area contributed by atoms with Crippen LogP contribution in [0.25, 0.3) is 0 Å². The summed E-state index contributed by atoms with van der Waals surface area (Å²) in [6.45, 7) is 0.415. The SMILES string of the molecule is COc1ccc(OCC(N)c2cccnc2)cc1. The number of methoxy groups -OCH3 is 1. The van der Waals surface area contributed by atoms with Crippen LogP contribution in [0.4, 0.5) is 0 Å². The number of hydrogen-bond acceptors (Lipinski definition) is 4. The van der Waals surface area contributed by atoms with Gasteiger partial charge in [-0.3, -0.25) is 4.98 Å². The molecule has 1 unspecified atom stereocenters. The quantitative estimate of drug-likeness (QED) is 0.875. The van der Waals surface area contributed by atoms with E-state index < -0.39 is 0 Å². The number of hydrogen-bond donors (Lipinski definition) is 1. The van der Waals surface area contributed by atoms with Gasteiger partial charge in [0.05, 0.1) is 13.2 Å². The summed E-state index contributed by atoms with van der Waals surface area (Å²) in [5.74, 6) is 1.58. The van der Waals surface area contributed by atoms with Gasteiger partial charge < -0.3 is 15.2 Å². The molecule has 0 aliphatic heterocycles. The first kappa shape index (κ1) is 12.4. The van der Waals surface area contributed by atoms with Crippen molar-refractivity contribution in [2.75, 3.05) is 13.7 Å². The molecule has 94 valence electrons. The maximum Gasteiger partial charge on any atom is 0.119 e. The summed E-state index contributed by atoms with van der Waals surface area (Å²) in [5, 5.41) is 0. The molecule has 1 aromatic carbocycles. The molecular formula is C14H16N2O2. The van der Waals surface area contributed by atoms with Crippen molar-refractivity contribution >= 4 is 0 Å². The molecule has 0 aliphatic rings. The third-order valence-corrected chi connectivity index (χ3v) is 2.60. The Hall–Kier alpha value is -2.07. The molecular weight excluding hydrogens is 228 g/mol. The molecule has 1 heterocycles. The second kappa shape index (κ2) is 6.02. The molecule has 0 spiro atoms. The highest BCUT2D eigenvalue weighted by Crippen LogP contribution is 2.18. The van der Waals surface area contributed by atoms with Crippen LogP contribution in [0, 0.1) is 0 Å². The van der Waals surface area contributed by atoms with Gasteiger partial charge in [0, 0.05) is 12.4 Å². The third kappa shape index (κ3) is 3.21. The Morgan fingerprint density at radius 1 is 1.17 bits per heavy atom. The van der Waals surface area contributed by atoms with E-state index in [2.05, 4.69) is 4.98 Å². The average molecular weight is 244 g/mol. The van der Waals surface area contributed by atoms with E-state index in [4.69, 9.17) is 15.2 Å². The predicted octanol–water partition coefficient (Wildman–Crippen LogP) is 2.17. The Labute approximate surface area is 106 Å². The van der Waals surface area contributed by atoms with Gasteiger partial charge in [0.15, 0.2) is 0 Å². The molecule has 1 aromatic heterocycles. The van der Waals surface area contributed by atoms with Crippen LogP contribution >= 0.6 is 0 Å². The third-order valence-electron chi connectivity index (χ3n) is 2.60. The van der Waals surface area contributed by atoms with Gasteiger partial charge >= 0.3 is 0 Å². The van der Waals surface area contributed by atoms with E-state index in [1.807, 2.05) is 36.4 Å². The lowest BCUT2D eigenvalue weighted by molar-refractivity contribution is 0.290. The second-order valence-electron chi connectivity index (χ2n) is 3.88. The highest BCUT2D eigenvalue weighted by molar-refractivity contribution is 5.31.